The molecular formula is C26H30N4O2S. The molecule has 1 fully saturated rings. The highest BCUT2D eigenvalue weighted by atomic mass is 32.1. The summed E-state index contributed by atoms with van der Waals surface area (Å²) in [5, 5.41) is 11.3. The van der Waals surface area contributed by atoms with E-state index < -0.39 is 0 Å². The molecule has 3 aromatic rings. The van der Waals surface area contributed by atoms with Crippen LogP contribution in [0.25, 0.3) is 0 Å². The van der Waals surface area contributed by atoms with E-state index in [1.165, 1.54) is 22.5 Å². The van der Waals surface area contributed by atoms with Gasteiger partial charge in [0.2, 0.25) is 5.13 Å². The molecule has 0 radical (unpaired) electrons. The van der Waals surface area contributed by atoms with E-state index in [1.54, 1.807) is 6.92 Å². The fraction of sp³-hybridized carbons (Fsp3) is 0.346. The summed E-state index contributed by atoms with van der Waals surface area (Å²) in [6.07, 6.45) is 1.97. The van der Waals surface area contributed by atoms with Crippen LogP contribution in [0.3, 0.4) is 0 Å². The van der Waals surface area contributed by atoms with Crippen molar-refractivity contribution in [2.75, 3.05) is 12.0 Å². The van der Waals surface area contributed by atoms with Crippen LogP contribution < -0.4 is 10.7 Å². The van der Waals surface area contributed by atoms with Crippen LogP contribution in [-0.4, -0.2) is 23.3 Å². The lowest BCUT2D eigenvalue weighted by molar-refractivity contribution is -0.142. The maximum absolute atomic E-state index is 11.7. The lowest BCUT2D eigenvalue weighted by Gasteiger charge is -2.39. The van der Waals surface area contributed by atoms with Gasteiger partial charge in [0.05, 0.1) is 18.7 Å². The fourth-order valence-corrected chi connectivity index (χ4v) is 5.00. The molecule has 0 bridgehead atoms. The van der Waals surface area contributed by atoms with Crippen molar-refractivity contribution >= 4 is 28.1 Å². The SMILES string of the molecule is CCOC(=O)Cc1csc(N/N=C2\CC(c3ccccc3)NC(c3ccccc3)C2CC)n1. The van der Waals surface area contributed by atoms with E-state index in [9.17, 15) is 4.79 Å². The Morgan fingerprint density at radius 3 is 2.48 bits per heavy atom. The zero-order chi connectivity index (χ0) is 23.0. The van der Waals surface area contributed by atoms with Crippen LogP contribution in [0.1, 0.15) is 55.6 Å². The molecule has 2 aromatic carbocycles. The molecule has 1 aromatic heterocycles. The number of hydrogen-bond acceptors (Lipinski definition) is 7. The molecule has 0 saturated carbocycles. The molecule has 2 N–H and O–H groups in total. The molecule has 3 unspecified atom stereocenters. The topological polar surface area (TPSA) is 75.6 Å². The number of esters is 1. The highest BCUT2D eigenvalue weighted by Crippen LogP contribution is 2.37. The summed E-state index contributed by atoms with van der Waals surface area (Å²) >= 11 is 1.45. The van der Waals surface area contributed by atoms with Crippen LogP contribution in [0.2, 0.25) is 0 Å². The number of aromatic nitrogens is 1. The Morgan fingerprint density at radius 2 is 1.82 bits per heavy atom. The van der Waals surface area contributed by atoms with Crippen LogP contribution in [-0.2, 0) is 16.0 Å². The van der Waals surface area contributed by atoms with Crippen LogP contribution in [0.4, 0.5) is 5.13 Å². The fourth-order valence-electron chi connectivity index (χ4n) is 4.35. The smallest absolute Gasteiger partial charge is 0.311 e. The maximum atomic E-state index is 11.7. The lowest BCUT2D eigenvalue weighted by atomic mass is 9.79. The van der Waals surface area contributed by atoms with Gasteiger partial charge in [0, 0.05) is 35.5 Å². The number of anilines is 1. The van der Waals surface area contributed by atoms with Crippen LogP contribution in [0.15, 0.2) is 71.1 Å². The standard InChI is InChI=1S/C26H30N4O2S/c1-3-21-23(29-30-26-27-20(17-33-26)15-24(31)32-4-2)16-22(18-11-7-5-8-12-18)28-25(21)19-13-9-6-10-14-19/h5-14,17,21-22,25,28H,3-4,15-16H2,1-2H3,(H,27,30)/b29-23+. The molecule has 3 atom stereocenters. The Labute approximate surface area is 199 Å². The third-order valence-electron chi connectivity index (χ3n) is 5.90. The quantitative estimate of drug-likeness (QED) is 0.341. The van der Waals surface area contributed by atoms with Gasteiger partial charge in [-0.2, -0.15) is 5.10 Å². The van der Waals surface area contributed by atoms with E-state index in [2.05, 4.69) is 77.2 Å². The maximum Gasteiger partial charge on any atom is 0.311 e. The number of nitrogens with zero attached hydrogens (tertiary/aromatic N) is 2. The van der Waals surface area contributed by atoms with Crippen molar-refractivity contribution in [1.29, 1.82) is 0 Å². The molecule has 2 heterocycles. The van der Waals surface area contributed by atoms with Gasteiger partial charge >= 0.3 is 5.97 Å². The average molecular weight is 463 g/mol. The number of carbonyl (C=O) groups excluding carboxylic acids is 1. The van der Waals surface area contributed by atoms with E-state index >= 15 is 0 Å². The van der Waals surface area contributed by atoms with E-state index in [0.29, 0.717) is 17.4 Å². The van der Waals surface area contributed by atoms with Crippen LogP contribution in [0.5, 0.6) is 0 Å². The summed E-state index contributed by atoms with van der Waals surface area (Å²) in [5.74, 6) is 0.000276. The molecular weight excluding hydrogens is 432 g/mol. The highest BCUT2D eigenvalue weighted by Gasteiger charge is 2.35. The summed E-state index contributed by atoms with van der Waals surface area (Å²) in [6, 6.07) is 21.5. The first-order valence-electron chi connectivity index (χ1n) is 11.5. The number of thiazole rings is 1. The van der Waals surface area contributed by atoms with Crippen LogP contribution >= 0.6 is 11.3 Å². The normalized spacial score (nSPS) is 21.6. The second-order valence-corrected chi connectivity index (χ2v) is 8.94. The third kappa shape index (κ3) is 5.86. The molecule has 1 saturated heterocycles. The monoisotopic (exact) mass is 462 g/mol. The summed E-state index contributed by atoms with van der Waals surface area (Å²) in [6.45, 7) is 4.39. The molecule has 1 aliphatic rings. The second-order valence-electron chi connectivity index (χ2n) is 8.08. The molecule has 0 aliphatic carbocycles. The van der Waals surface area contributed by atoms with Crippen molar-refractivity contribution in [2.45, 2.75) is 45.2 Å². The summed E-state index contributed by atoms with van der Waals surface area (Å²) in [4.78, 5) is 16.2. The van der Waals surface area contributed by atoms with Gasteiger partial charge in [-0.3, -0.25) is 10.2 Å². The van der Waals surface area contributed by atoms with Crippen molar-refractivity contribution in [3.8, 4) is 0 Å². The second kappa shape index (κ2) is 11.2. The molecule has 4 rings (SSSR count). The van der Waals surface area contributed by atoms with Gasteiger partial charge in [-0.1, -0.05) is 67.6 Å². The first kappa shape index (κ1) is 23.1. The van der Waals surface area contributed by atoms with E-state index in [-0.39, 0.29) is 30.4 Å². The Kier molecular flexibility index (Phi) is 7.86. The van der Waals surface area contributed by atoms with Crippen molar-refractivity contribution in [1.82, 2.24) is 10.3 Å². The minimum Gasteiger partial charge on any atom is -0.466 e. The van der Waals surface area contributed by atoms with Crippen molar-refractivity contribution in [2.24, 2.45) is 11.0 Å². The Balaban J connectivity index is 1.57. The zero-order valence-electron chi connectivity index (χ0n) is 19.0. The Bertz CT molecular complexity index is 1070. The average Bonchev–Trinajstić information content (AvgIpc) is 3.30. The number of benzene rings is 2. The Morgan fingerprint density at radius 1 is 1.12 bits per heavy atom. The molecule has 1 aliphatic heterocycles. The number of ether oxygens (including phenoxy) is 1. The summed E-state index contributed by atoms with van der Waals surface area (Å²) in [5.41, 5.74) is 7.51. The Hall–Kier alpha value is -3.03. The van der Waals surface area contributed by atoms with Crippen molar-refractivity contribution in [3.63, 3.8) is 0 Å². The molecule has 6 nitrogen and oxygen atoms in total. The van der Waals surface area contributed by atoms with Gasteiger partial charge in [0.1, 0.15) is 0 Å². The number of piperidine rings is 1. The number of hydrogen-bond donors (Lipinski definition) is 2. The van der Waals surface area contributed by atoms with Gasteiger partial charge in [0.25, 0.3) is 0 Å². The first-order chi connectivity index (χ1) is 16.2. The number of nitrogens with one attached hydrogen (secondary N) is 2. The number of carbonyl (C=O) groups is 1. The van der Waals surface area contributed by atoms with Crippen molar-refractivity contribution in [3.05, 3.63) is 82.9 Å². The zero-order valence-corrected chi connectivity index (χ0v) is 19.8. The largest absolute Gasteiger partial charge is 0.466 e. The molecule has 0 amide bonds. The van der Waals surface area contributed by atoms with Crippen LogP contribution in [0, 0.1) is 5.92 Å². The predicted octanol–water partition coefficient (Wildman–Crippen LogP) is 5.52. The molecule has 172 valence electrons. The minimum absolute atomic E-state index is 0.173. The summed E-state index contributed by atoms with van der Waals surface area (Å²) < 4.78 is 5.02. The van der Waals surface area contributed by atoms with Gasteiger partial charge in [0.15, 0.2) is 0 Å². The number of hydrazone groups is 1. The van der Waals surface area contributed by atoms with Gasteiger partial charge in [-0.25, -0.2) is 4.98 Å². The number of rotatable bonds is 8. The lowest BCUT2D eigenvalue weighted by Crippen LogP contribution is -2.42. The summed E-state index contributed by atoms with van der Waals surface area (Å²) in [7, 11) is 0. The van der Waals surface area contributed by atoms with Gasteiger partial charge in [-0.15, -0.1) is 11.3 Å². The van der Waals surface area contributed by atoms with Gasteiger partial charge < -0.3 is 10.1 Å². The van der Waals surface area contributed by atoms with Gasteiger partial charge in [-0.05, 0) is 24.5 Å². The molecule has 33 heavy (non-hydrogen) atoms. The third-order valence-corrected chi connectivity index (χ3v) is 6.70. The molecule has 7 heteroatoms. The van der Waals surface area contributed by atoms with E-state index in [4.69, 9.17) is 9.84 Å². The van der Waals surface area contributed by atoms with Crippen molar-refractivity contribution < 1.29 is 9.53 Å². The van der Waals surface area contributed by atoms with E-state index in [1.807, 2.05) is 11.4 Å². The van der Waals surface area contributed by atoms with E-state index in [0.717, 1.165) is 18.6 Å². The first-order valence-corrected chi connectivity index (χ1v) is 12.3. The minimum atomic E-state index is -0.263. The predicted molar refractivity (Wildman–Crippen MR) is 133 cm³/mol. The molecule has 0 spiro atoms. The highest BCUT2D eigenvalue weighted by molar-refractivity contribution is 7.13.